The molecule has 0 unspecified atom stereocenters. The lowest BCUT2D eigenvalue weighted by Gasteiger charge is -2.03. The molecule has 82 valence electrons. The predicted molar refractivity (Wildman–Crippen MR) is 61.9 cm³/mol. The number of rotatable bonds is 3. The Morgan fingerprint density at radius 3 is 2.88 bits per heavy atom. The third kappa shape index (κ3) is 3.25. The molecule has 2 nitrogen and oxygen atoms in total. The second-order valence-corrected chi connectivity index (χ2v) is 3.23. The Morgan fingerprint density at radius 1 is 1.56 bits per heavy atom. The lowest BCUT2D eigenvalue weighted by Crippen LogP contribution is -2.21. The van der Waals surface area contributed by atoms with Gasteiger partial charge >= 0.3 is 0 Å². The average Bonchev–Trinajstić information content (AvgIpc) is 2.26. The van der Waals surface area contributed by atoms with Gasteiger partial charge in [0.25, 0.3) is 0 Å². The molecule has 0 fully saturated rings. The van der Waals surface area contributed by atoms with Gasteiger partial charge in [0.05, 0.1) is 6.54 Å². The first kappa shape index (κ1) is 12.0. The van der Waals surface area contributed by atoms with Crippen molar-refractivity contribution in [1.29, 1.82) is 0 Å². The summed E-state index contributed by atoms with van der Waals surface area (Å²) in [6, 6.07) is 6.29. The molecule has 0 heterocycles. The Bertz CT molecular complexity index is 457. The van der Waals surface area contributed by atoms with Crippen molar-refractivity contribution >= 4 is 11.5 Å². The molecule has 0 aliphatic rings. The molecule has 0 aliphatic heterocycles. The second-order valence-electron chi connectivity index (χ2n) is 3.23. The number of hydrogen-bond acceptors (Lipinski definition) is 1. The van der Waals surface area contributed by atoms with E-state index in [0.717, 1.165) is 0 Å². The largest absolute Gasteiger partial charge is 0.342 e. The Hall–Kier alpha value is -2.08. The van der Waals surface area contributed by atoms with Crippen LogP contribution in [0.25, 0.3) is 5.57 Å². The average molecular weight is 217 g/mol. The van der Waals surface area contributed by atoms with E-state index in [1.54, 1.807) is 25.1 Å². The molecular weight excluding hydrogens is 205 g/mol. The van der Waals surface area contributed by atoms with Gasteiger partial charge in [-0.3, -0.25) is 4.79 Å². The fourth-order valence-corrected chi connectivity index (χ4v) is 1.24. The number of allylic oxidation sites excluding steroid dienone is 1. The number of hydrogen-bond donors (Lipinski definition) is 1. The number of terminal acetylenes is 1. The van der Waals surface area contributed by atoms with Gasteiger partial charge < -0.3 is 5.32 Å². The highest BCUT2D eigenvalue weighted by atomic mass is 19.1. The van der Waals surface area contributed by atoms with Crippen LogP contribution in [0.4, 0.5) is 4.39 Å². The van der Waals surface area contributed by atoms with Crippen molar-refractivity contribution in [3.05, 3.63) is 41.7 Å². The fourth-order valence-electron chi connectivity index (χ4n) is 1.24. The number of amides is 1. The van der Waals surface area contributed by atoms with Gasteiger partial charge in [0.1, 0.15) is 5.82 Å². The highest BCUT2D eigenvalue weighted by Gasteiger charge is 2.04. The topological polar surface area (TPSA) is 29.1 Å². The molecule has 0 spiro atoms. The molecular formula is C13H12FNO. The van der Waals surface area contributed by atoms with E-state index in [1.165, 1.54) is 12.1 Å². The van der Waals surface area contributed by atoms with E-state index in [9.17, 15) is 9.18 Å². The summed E-state index contributed by atoms with van der Waals surface area (Å²) in [5.74, 6) is 1.62. The molecule has 0 aromatic heterocycles. The van der Waals surface area contributed by atoms with Crippen LogP contribution >= 0.6 is 0 Å². The first-order valence-electron chi connectivity index (χ1n) is 4.79. The number of carbonyl (C=O) groups is 1. The minimum Gasteiger partial charge on any atom is -0.342 e. The number of halogens is 1. The smallest absolute Gasteiger partial charge is 0.245 e. The third-order valence-electron chi connectivity index (χ3n) is 2.01. The van der Waals surface area contributed by atoms with Crippen LogP contribution in [-0.4, -0.2) is 12.5 Å². The van der Waals surface area contributed by atoms with Gasteiger partial charge in [0.2, 0.25) is 5.91 Å². The Labute approximate surface area is 94.2 Å². The summed E-state index contributed by atoms with van der Waals surface area (Å²) in [6.07, 6.45) is 6.33. The van der Waals surface area contributed by atoms with Gasteiger partial charge in [-0.05, 0) is 18.6 Å². The van der Waals surface area contributed by atoms with E-state index in [1.807, 2.05) is 0 Å². The molecule has 0 atom stereocenters. The molecule has 0 saturated heterocycles. The second kappa shape index (κ2) is 5.72. The van der Waals surface area contributed by atoms with Crippen LogP contribution < -0.4 is 5.32 Å². The Kier molecular flexibility index (Phi) is 4.28. The summed E-state index contributed by atoms with van der Waals surface area (Å²) in [6.45, 7) is 1.84. The summed E-state index contributed by atoms with van der Waals surface area (Å²) in [4.78, 5) is 11.3. The van der Waals surface area contributed by atoms with Crippen LogP contribution in [0.2, 0.25) is 0 Å². The quantitative estimate of drug-likeness (QED) is 0.608. The molecule has 1 aromatic rings. The van der Waals surface area contributed by atoms with Crippen LogP contribution in [0.3, 0.4) is 0 Å². The monoisotopic (exact) mass is 217 g/mol. The van der Waals surface area contributed by atoms with Crippen molar-refractivity contribution in [2.45, 2.75) is 6.92 Å². The molecule has 1 N–H and O–H groups in total. The fraction of sp³-hybridized carbons (Fsp3) is 0.154. The van der Waals surface area contributed by atoms with Gasteiger partial charge in [-0.25, -0.2) is 4.39 Å². The maximum Gasteiger partial charge on any atom is 0.245 e. The minimum atomic E-state index is -0.346. The van der Waals surface area contributed by atoms with Crippen molar-refractivity contribution in [3.8, 4) is 12.3 Å². The maximum atomic E-state index is 13.3. The van der Waals surface area contributed by atoms with Crippen LogP contribution in [0.15, 0.2) is 30.3 Å². The molecule has 3 heteroatoms. The van der Waals surface area contributed by atoms with E-state index in [4.69, 9.17) is 6.42 Å². The Balaban J connectivity index is 2.82. The van der Waals surface area contributed by atoms with Crippen molar-refractivity contribution < 1.29 is 9.18 Å². The van der Waals surface area contributed by atoms with Gasteiger partial charge in [0, 0.05) is 11.6 Å². The number of carbonyl (C=O) groups excluding carboxylic acids is 1. The summed E-state index contributed by atoms with van der Waals surface area (Å²) in [5, 5.41) is 2.48. The summed E-state index contributed by atoms with van der Waals surface area (Å²) in [5.41, 5.74) is 0.978. The summed E-state index contributed by atoms with van der Waals surface area (Å²) < 4.78 is 13.3. The SMILES string of the molecule is C#CCNC(=O)/C=C(/C)c1ccccc1F. The molecule has 0 radical (unpaired) electrons. The minimum absolute atomic E-state index is 0.167. The Morgan fingerprint density at radius 2 is 2.25 bits per heavy atom. The lowest BCUT2D eigenvalue weighted by atomic mass is 10.1. The normalized spacial score (nSPS) is 10.7. The highest BCUT2D eigenvalue weighted by Crippen LogP contribution is 2.16. The van der Waals surface area contributed by atoms with Crippen molar-refractivity contribution in [2.75, 3.05) is 6.54 Å². The molecule has 0 aliphatic carbocycles. The van der Waals surface area contributed by atoms with Crippen LogP contribution in [-0.2, 0) is 4.79 Å². The molecule has 16 heavy (non-hydrogen) atoms. The van der Waals surface area contributed by atoms with Crippen molar-refractivity contribution in [2.24, 2.45) is 0 Å². The van der Waals surface area contributed by atoms with Crippen LogP contribution in [0.1, 0.15) is 12.5 Å². The first-order chi connectivity index (χ1) is 7.65. The van der Waals surface area contributed by atoms with E-state index in [-0.39, 0.29) is 18.3 Å². The predicted octanol–water partition coefficient (Wildman–Crippen LogP) is 1.98. The van der Waals surface area contributed by atoms with Crippen LogP contribution in [0, 0.1) is 18.2 Å². The molecule has 1 amide bonds. The van der Waals surface area contributed by atoms with Crippen molar-refractivity contribution in [1.82, 2.24) is 5.32 Å². The molecule has 1 rings (SSSR count). The molecule has 0 saturated carbocycles. The van der Waals surface area contributed by atoms with E-state index in [2.05, 4.69) is 11.2 Å². The third-order valence-corrected chi connectivity index (χ3v) is 2.01. The van der Waals surface area contributed by atoms with Crippen LogP contribution in [0.5, 0.6) is 0 Å². The van der Waals surface area contributed by atoms with Gasteiger partial charge in [-0.15, -0.1) is 6.42 Å². The highest BCUT2D eigenvalue weighted by molar-refractivity contribution is 5.94. The van der Waals surface area contributed by atoms with E-state index in [0.29, 0.717) is 11.1 Å². The molecule has 1 aromatic carbocycles. The number of nitrogens with one attached hydrogen (secondary N) is 1. The van der Waals surface area contributed by atoms with Crippen molar-refractivity contribution in [3.63, 3.8) is 0 Å². The van der Waals surface area contributed by atoms with Gasteiger partial charge in [0.15, 0.2) is 0 Å². The number of benzene rings is 1. The lowest BCUT2D eigenvalue weighted by molar-refractivity contribution is -0.116. The summed E-state index contributed by atoms with van der Waals surface area (Å²) in [7, 11) is 0. The zero-order valence-electron chi connectivity index (χ0n) is 8.96. The van der Waals surface area contributed by atoms with Gasteiger partial charge in [-0.2, -0.15) is 0 Å². The zero-order valence-corrected chi connectivity index (χ0v) is 8.96. The molecule has 0 bridgehead atoms. The van der Waals surface area contributed by atoms with Gasteiger partial charge in [-0.1, -0.05) is 24.1 Å². The first-order valence-corrected chi connectivity index (χ1v) is 4.79. The maximum absolute atomic E-state index is 13.3. The summed E-state index contributed by atoms with van der Waals surface area (Å²) >= 11 is 0. The van der Waals surface area contributed by atoms with E-state index < -0.39 is 0 Å². The zero-order chi connectivity index (χ0) is 12.0. The van der Waals surface area contributed by atoms with E-state index >= 15 is 0 Å². The standard InChI is InChI=1S/C13H12FNO/c1-3-8-15-13(16)9-10(2)11-6-4-5-7-12(11)14/h1,4-7,9H,8H2,2H3,(H,15,16)/b10-9-.